The largest absolute Gasteiger partial charge is 0.490 e. The maximum absolute atomic E-state index is 12.6. The van der Waals surface area contributed by atoms with Crippen LogP contribution in [0, 0.1) is 0 Å². The standard InChI is InChI=1S/C24H27N5O4/c30-22-6-5-21(27-22)23(31)28-11-8-20(9-12-28)33-19-3-1-18(2-4-19)26-24(32)29-14-16-7-10-25-13-17(16)15-29/h1-4,7,10,13-14,20-21,25H,5-6,8-9,11-12,15H2,(H,26,32)(H,27,30)/t21-/m1/s1. The van der Waals surface area contributed by atoms with Crippen molar-refractivity contribution in [2.45, 2.75) is 37.8 Å². The molecule has 0 unspecified atom stereocenters. The normalized spacial score (nSPS) is 22.2. The van der Waals surface area contributed by atoms with Gasteiger partial charge in [-0.25, -0.2) is 4.79 Å². The second-order valence-corrected chi connectivity index (χ2v) is 8.64. The van der Waals surface area contributed by atoms with Gasteiger partial charge in [0.05, 0.1) is 6.54 Å². The lowest BCUT2D eigenvalue weighted by Crippen LogP contribution is -2.49. The van der Waals surface area contributed by atoms with E-state index in [0.29, 0.717) is 38.2 Å². The summed E-state index contributed by atoms with van der Waals surface area (Å²) in [6.07, 6.45) is 10.1. The van der Waals surface area contributed by atoms with Crippen molar-refractivity contribution in [3.05, 3.63) is 60.1 Å². The van der Waals surface area contributed by atoms with Gasteiger partial charge in [-0.15, -0.1) is 0 Å². The molecule has 0 aromatic heterocycles. The molecule has 0 bridgehead atoms. The highest BCUT2D eigenvalue weighted by atomic mass is 16.5. The number of allylic oxidation sites excluding steroid dienone is 1. The molecule has 0 aliphatic carbocycles. The van der Waals surface area contributed by atoms with Gasteiger partial charge in [-0.1, -0.05) is 0 Å². The van der Waals surface area contributed by atoms with Gasteiger partial charge in [-0.2, -0.15) is 0 Å². The molecule has 4 aliphatic heterocycles. The highest BCUT2D eigenvalue weighted by Gasteiger charge is 2.33. The number of nitrogens with one attached hydrogen (secondary N) is 3. The molecule has 3 N–H and O–H groups in total. The average molecular weight is 450 g/mol. The van der Waals surface area contributed by atoms with E-state index in [4.69, 9.17) is 4.74 Å². The summed E-state index contributed by atoms with van der Waals surface area (Å²) in [5, 5.41) is 8.70. The molecule has 9 heteroatoms. The minimum absolute atomic E-state index is 0.0101. The number of hydrogen-bond acceptors (Lipinski definition) is 5. The molecule has 33 heavy (non-hydrogen) atoms. The topological polar surface area (TPSA) is 103 Å². The van der Waals surface area contributed by atoms with Crippen LogP contribution in [-0.2, 0) is 9.59 Å². The fourth-order valence-corrected chi connectivity index (χ4v) is 4.49. The molecule has 1 aromatic carbocycles. The number of amides is 4. The van der Waals surface area contributed by atoms with Crippen LogP contribution in [-0.4, -0.2) is 59.4 Å². The summed E-state index contributed by atoms with van der Waals surface area (Å²) < 4.78 is 6.09. The highest BCUT2D eigenvalue weighted by molar-refractivity contribution is 5.91. The minimum Gasteiger partial charge on any atom is -0.490 e. The summed E-state index contributed by atoms with van der Waals surface area (Å²) in [6, 6.07) is 6.79. The van der Waals surface area contributed by atoms with E-state index in [-0.39, 0.29) is 30.0 Å². The lowest BCUT2D eigenvalue weighted by molar-refractivity contribution is -0.136. The van der Waals surface area contributed by atoms with Crippen LogP contribution >= 0.6 is 0 Å². The van der Waals surface area contributed by atoms with Gasteiger partial charge in [0.1, 0.15) is 17.9 Å². The van der Waals surface area contributed by atoms with Crippen molar-refractivity contribution in [1.82, 2.24) is 20.4 Å². The fraction of sp³-hybridized carbons (Fsp3) is 0.375. The first-order chi connectivity index (χ1) is 16.0. The number of anilines is 1. The minimum atomic E-state index is -0.372. The van der Waals surface area contributed by atoms with Crippen LogP contribution in [0.15, 0.2) is 60.1 Å². The summed E-state index contributed by atoms with van der Waals surface area (Å²) in [5.74, 6) is 0.695. The van der Waals surface area contributed by atoms with E-state index >= 15 is 0 Å². The van der Waals surface area contributed by atoms with Gasteiger partial charge in [0.25, 0.3) is 0 Å². The van der Waals surface area contributed by atoms with Gasteiger partial charge < -0.3 is 25.6 Å². The molecule has 2 fully saturated rings. The quantitative estimate of drug-likeness (QED) is 0.653. The summed E-state index contributed by atoms with van der Waals surface area (Å²) in [4.78, 5) is 39.9. The molecule has 1 aromatic rings. The number of urea groups is 1. The monoisotopic (exact) mass is 449 g/mol. The first-order valence-electron chi connectivity index (χ1n) is 11.3. The Kier molecular flexibility index (Phi) is 5.77. The number of hydrogen-bond donors (Lipinski definition) is 3. The number of benzene rings is 1. The SMILES string of the molecule is O=C1CC[C@H](C(=O)N2CCC(Oc3ccc(NC(=O)N4C=C5C=CNC=C5C4)cc3)CC2)N1. The van der Waals surface area contributed by atoms with Crippen molar-refractivity contribution < 1.29 is 19.1 Å². The lowest BCUT2D eigenvalue weighted by Gasteiger charge is -2.33. The van der Waals surface area contributed by atoms with Gasteiger partial charge in [0.15, 0.2) is 0 Å². The second-order valence-electron chi connectivity index (χ2n) is 8.64. The van der Waals surface area contributed by atoms with Crippen molar-refractivity contribution in [3.8, 4) is 5.75 Å². The number of carbonyl (C=O) groups excluding carboxylic acids is 3. The molecular weight excluding hydrogens is 422 g/mol. The van der Waals surface area contributed by atoms with E-state index in [1.807, 2.05) is 53.8 Å². The number of piperidine rings is 1. The van der Waals surface area contributed by atoms with Gasteiger partial charge >= 0.3 is 6.03 Å². The van der Waals surface area contributed by atoms with Crippen molar-refractivity contribution in [2.75, 3.05) is 25.0 Å². The number of carbonyl (C=O) groups is 3. The molecule has 0 spiro atoms. The Morgan fingerprint density at radius 1 is 1.09 bits per heavy atom. The number of dihydropyridines is 1. The van der Waals surface area contributed by atoms with Gasteiger partial charge in [0.2, 0.25) is 11.8 Å². The Morgan fingerprint density at radius 3 is 2.58 bits per heavy atom. The zero-order valence-electron chi connectivity index (χ0n) is 18.3. The van der Waals surface area contributed by atoms with E-state index in [2.05, 4.69) is 16.0 Å². The average Bonchev–Trinajstić information content (AvgIpc) is 3.47. The summed E-state index contributed by atoms with van der Waals surface area (Å²) >= 11 is 0. The van der Waals surface area contributed by atoms with Gasteiger partial charge in [-0.05, 0) is 47.9 Å². The maximum atomic E-state index is 12.6. The van der Waals surface area contributed by atoms with Crippen molar-refractivity contribution >= 4 is 23.5 Å². The number of likely N-dealkylation sites (tertiary alicyclic amines) is 1. The molecular formula is C24H27N5O4. The Balaban J connectivity index is 1.09. The van der Waals surface area contributed by atoms with Crippen molar-refractivity contribution in [1.29, 1.82) is 0 Å². The van der Waals surface area contributed by atoms with Crippen LogP contribution in [0.5, 0.6) is 5.75 Å². The molecule has 4 aliphatic rings. The van der Waals surface area contributed by atoms with Crippen LogP contribution in [0.3, 0.4) is 0 Å². The zero-order valence-corrected chi connectivity index (χ0v) is 18.3. The molecule has 4 heterocycles. The smallest absolute Gasteiger partial charge is 0.326 e. The predicted octanol–water partition coefficient (Wildman–Crippen LogP) is 2.07. The molecule has 1 atom stereocenters. The van der Waals surface area contributed by atoms with Crippen LogP contribution in [0.25, 0.3) is 0 Å². The van der Waals surface area contributed by atoms with Crippen molar-refractivity contribution in [2.24, 2.45) is 0 Å². The maximum Gasteiger partial charge on any atom is 0.326 e. The molecule has 9 nitrogen and oxygen atoms in total. The third-order valence-electron chi connectivity index (χ3n) is 6.34. The van der Waals surface area contributed by atoms with Gasteiger partial charge in [-0.3, -0.25) is 14.5 Å². The summed E-state index contributed by atoms with van der Waals surface area (Å²) in [5.41, 5.74) is 2.81. The second kappa shape index (κ2) is 9.01. The number of rotatable bonds is 4. The van der Waals surface area contributed by atoms with E-state index in [0.717, 1.165) is 29.7 Å². The van der Waals surface area contributed by atoms with Crippen LogP contribution in [0.1, 0.15) is 25.7 Å². The zero-order chi connectivity index (χ0) is 22.8. The molecule has 0 radical (unpaired) electrons. The Morgan fingerprint density at radius 2 is 1.88 bits per heavy atom. The third kappa shape index (κ3) is 4.72. The number of ether oxygens (including phenoxy) is 1. The van der Waals surface area contributed by atoms with Crippen molar-refractivity contribution in [3.63, 3.8) is 0 Å². The van der Waals surface area contributed by atoms with Crippen LogP contribution < -0.4 is 20.7 Å². The first-order valence-corrected chi connectivity index (χ1v) is 11.3. The highest BCUT2D eigenvalue weighted by Crippen LogP contribution is 2.25. The van der Waals surface area contributed by atoms with Crippen LogP contribution in [0.4, 0.5) is 10.5 Å². The third-order valence-corrected chi connectivity index (χ3v) is 6.34. The van der Waals surface area contributed by atoms with E-state index in [1.165, 1.54) is 0 Å². The lowest BCUT2D eigenvalue weighted by atomic mass is 10.1. The molecule has 5 rings (SSSR count). The summed E-state index contributed by atoms with van der Waals surface area (Å²) in [6.45, 7) is 1.78. The Bertz CT molecular complexity index is 1040. The van der Waals surface area contributed by atoms with E-state index in [9.17, 15) is 14.4 Å². The molecule has 2 saturated heterocycles. The molecule has 4 amide bonds. The number of nitrogens with zero attached hydrogens (tertiary/aromatic N) is 2. The summed E-state index contributed by atoms with van der Waals surface area (Å²) in [7, 11) is 0. The van der Waals surface area contributed by atoms with Gasteiger partial charge in [0, 0.05) is 56.6 Å². The Hall–Kier alpha value is -3.75. The van der Waals surface area contributed by atoms with E-state index in [1.54, 1.807) is 4.90 Å². The molecule has 172 valence electrons. The van der Waals surface area contributed by atoms with Crippen LogP contribution in [0.2, 0.25) is 0 Å². The number of fused-ring (bicyclic) bond motifs is 1. The van der Waals surface area contributed by atoms with E-state index < -0.39 is 0 Å². The predicted molar refractivity (Wildman–Crippen MR) is 122 cm³/mol. The first kappa shape index (κ1) is 21.1. The fourth-order valence-electron chi connectivity index (χ4n) is 4.49. The Labute approximate surface area is 192 Å². The molecule has 0 saturated carbocycles.